The van der Waals surface area contributed by atoms with Gasteiger partial charge in [-0.25, -0.2) is 4.39 Å². The lowest BCUT2D eigenvalue weighted by Gasteiger charge is -2.18. The highest BCUT2D eigenvalue weighted by molar-refractivity contribution is 6.12. The van der Waals surface area contributed by atoms with Crippen LogP contribution in [0.15, 0.2) is 84.9 Å². The second-order valence-electron chi connectivity index (χ2n) is 10.2. The molecule has 0 aliphatic carbocycles. The molecule has 1 unspecified atom stereocenters. The molecule has 40 heavy (non-hydrogen) atoms. The molecule has 0 bridgehead atoms. The van der Waals surface area contributed by atoms with Gasteiger partial charge in [0.15, 0.2) is 0 Å². The molecule has 3 N–H and O–H groups in total. The van der Waals surface area contributed by atoms with Crippen LogP contribution in [-0.2, 0) is 11.3 Å². The summed E-state index contributed by atoms with van der Waals surface area (Å²) in [4.78, 5) is 25.0. The summed E-state index contributed by atoms with van der Waals surface area (Å²) in [6.45, 7) is 4.63. The second kappa shape index (κ2) is 13.2. The zero-order valence-electron chi connectivity index (χ0n) is 22.8. The number of unbranched alkanes of at least 4 members (excludes halogenated alkanes) is 1. The molecule has 0 saturated carbocycles. The van der Waals surface area contributed by atoms with Crippen molar-refractivity contribution in [2.24, 2.45) is 0 Å². The normalized spacial score (nSPS) is 11.9. The summed E-state index contributed by atoms with van der Waals surface area (Å²) in [5.74, 6) is -1.62. The zero-order chi connectivity index (χ0) is 28.6. The first-order valence-corrected chi connectivity index (χ1v) is 13.6. The van der Waals surface area contributed by atoms with Crippen LogP contribution in [0.25, 0.3) is 22.4 Å². The van der Waals surface area contributed by atoms with Gasteiger partial charge < -0.3 is 20.1 Å². The minimum atomic E-state index is -1.03. The number of hydrogen-bond donors (Lipinski definition) is 3. The largest absolute Gasteiger partial charge is 0.481 e. The Balaban J connectivity index is 1.87. The summed E-state index contributed by atoms with van der Waals surface area (Å²) in [6.07, 6.45) is 0.440. The van der Waals surface area contributed by atoms with Crippen LogP contribution in [0.3, 0.4) is 0 Å². The first-order chi connectivity index (χ1) is 19.3. The summed E-state index contributed by atoms with van der Waals surface area (Å²) >= 11 is 0. The lowest BCUT2D eigenvalue weighted by Crippen LogP contribution is -2.17. The van der Waals surface area contributed by atoms with Gasteiger partial charge in [0.2, 0.25) is 0 Å². The number of aromatic nitrogens is 1. The Hall–Kier alpha value is -4.23. The molecule has 0 aliphatic rings. The molecule has 0 aliphatic heterocycles. The fraction of sp³-hybridized carbons (Fsp3) is 0.273. The van der Waals surface area contributed by atoms with Crippen molar-refractivity contribution in [2.75, 3.05) is 5.32 Å². The van der Waals surface area contributed by atoms with Gasteiger partial charge in [-0.3, -0.25) is 9.59 Å². The molecule has 4 rings (SSSR count). The molecule has 0 saturated heterocycles. The first kappa shape index (κ1) is 28.8. The maximum absolute atomic E-state index is 14.0. The van der Waals surface area contributed by atoms with Gasteiger partial charge >= 0.3 is 5.97 Å². The van der Waals surface area contributed by atoms with Crippen LogP contribution in [0.1, 0.15) is 61.5 Å². The molecule has 0 fully saturated rings. The number of benzene rings is 3. The van der Waals surface area contributed by atoms with Crippen LogP contribution in [0.4, 0.5) is 10.1 Å². The van der Waals surface area contributed by atoms with Crippen LogP contribution in [0, 0.1) is 5.82 Å². The average Bonchev–Trinajstić information content (AvgIpc) is 3.28. The maximum atomic E-state index is 14.0. The van der Waals surface area contributed by atoms with Crippen molar-refractivity contribution in [3.05, 3.63) is 102 Å². The van der Waals surface area contributed by atoms with E-state index in [4.69, 9.17) is 5.11 Å². The lowest BCUT2D eigenvalue weighted by atomic mass is 9.94. The van der Waals surface area contributed by atoms with Gasteiger partial charge in [0.05, 0.1) is 23.8 Å². The van der Waals surface area contributed by atoms with Crippen molar-refractivity contribution in [2.45, 2.75) is 58.1 Å². The third kappa shape index (κ3) is 6.85. The Labute approximate surface area is 234 Å². The maximum Gasteiger partial charge on any atom is 0.305 e. The molecule has 1 heterocycles. The van der Waals surface area contributed by atoms with Gasteiger partial charge in [-0.2, -0.15) is 0 Å². The molecule has 3 aromatic carbocycles. The number of aliphatic hydroxyl groups is 1. The quantitative estimate of drug-likeness (QED) is 0.163. The molecule has 208 valence electrons. The predicted octanol–water partition coefficient (Wildman–Crippen LogP) is 7.34. The Kier molecular flexibility index (Phi) is 9.51. The van der Waals surface area contributed by atoms with E-state index in [-0.39, 0.29) is 24.1 Å². The van der Waals surface area contributed by atoms with E-state index in [0.29, 0.717) is 37.1 Å². The molecule has 0 radical (unpaired) electrons. The van der Waals surface area contributed by atoms with E-state index in [1.807, 2.05) is 74.5 Å². The van der Waals surface area contributed by atoms with Crippen LogP contribution in [0.2, 0.25) is 0 Å². The Morgan fingerprint density at radius 2 is 1.50 bits per heavy atom. The molecule has 1 amide bonds. The minimum Gasteiger partial charge on any atom is -0.481 e. The molecule has 6 nitrogen and oxygen atoms in total. The Morgan fingerprint density at radius 1 is 0.875 bits per heavy atom. The summed E-state index contributed by atoms with van der Waals surface area (Å²) in [5.41, 5.74) is 5.36. The summed E-state index contributed by atoms with van der Waals surface area (Å²) in [7, 11) is 0. The molecular weight excluding hydrogens is 507 g/mol. The van der Waals surface area contributed by atoms with E-state index in [0.717, 1.165) is 28.1 Å². The number of hydrogen-bond acceptors (Lipinski definition) is 3. The highest BCUT2D eigenvalue weighted by Gasteiger charge is 2.30. The smallest absolute Gasteiger partial charge is 0.305 e. The number of carboxylic acid groups (broad SMARTS) is 1. The van der Waals surface area contributed by atoms with E-state index in [9.17, 15) is 19.1 Å². The SMILES string of the molecule is CC(C)c1c(C(=O)Nc2ccccc2)c(-c2ccccc2)c(-c2ccc(F)cc2)n1CCCCC(O)CC(=O)O. The fourth-order valence-corrected chi connectivity index (χ4v) is 5.16. The summed E-state index contributed by atoms with van der Waals surface area (Å²) in [6, 6.07) is 25.3. The van der Waals surface area contributed by atoms with Crippen LogP contribution < -0.4 is 5.32 Å². The second-order valence-corrected chi connectivity index (χ2v) is 10.2. The van der Waals surface area contributed by atoms with Crippen molar-refractivity contribution < 1.29 is 24.2 Å². The van der Waals surface area contributed by atoms with E-state index in [1.54, 1.807) is 12.1 Å². The minimum absolute atomic E-state index is 0.0224. The van der Waals surface area contributed by atoms with E-state index in [2.05, 4.69) is 9.88 Å². The number of rotatable bonds is 12. The Bertz CT molecular complexity index is 1430. The van der Waals surface area contributed by atoms with Crippen molar-refractivity contribution in [1.29, 1.82) is 0 Å². The van der Waals surface area contributed by atoms with Crippen molar-refractivity contribution in [3.63, 3.8) is 0 Å². The third-order valence-electron chi connectivity index (χ3n) is 6.87. The van der Waals surface area contributed by atoms with Gasteiger partial charge in [-0.15, -0.1) is 0 Å². The van der Waals surface area contributed by atoms with Crippen molar-refractivity contribution in [1.82, 2.24) is 4.57 Å². The standard InChI is InChI=1S/C33H35FN2O4/c1-22(2)31-30(33(40)35-26-13-7-4-8-14-26)29(23-11-5-3-6-12-23)32(24-16-18-25(34)19-17-24)36(31)20-10-9-15-27(37)21-28(38)39/h3-8,11-14,16-19,22,27,37H,9-10,15,20-21H2,1-2H3,(H,35,40)(H,38,39). The van der Waals surface area contributed by atoms with Gasteiger partial charge in [-0.1, -0.05) is 62.4 Å². The van der Waals surface area contributed by atoms with E-state index < -0.39 is 12.1 Å². The molecule has 4 aromatic rings. The Morgan fingerprint density at radius 3 is 2.10 bits per heavy atom. The molecular formula is C33H35FN2O4. The van der Waals surface area contributed by atoms with Gasteiger partial charge in [-0.05, 0) is 72.7 Å². The predicted molar refractivity (Wildman–Crippen MR) is 156 cm³/mol. The number of para-hydroxylation sites is 1. The van der Waals surface area contributed by atoms with Crippen LogP contribution >= 0.6 is 0 Å². The number of halogens is 1. The number of nitrogens with zero attached hydrogens (tertiary/aromatic N) is 1. The number of carbonyl (C=O) groups is 2. The first-order valence-electron chi connectivity index (χ1n) is 13.6. The van der Waals surface area contributed by atoms with Crippen LogP contribution in [0.5, 0.6) is 0 Å². The lowest BCUT2D eigenvalue weighted by molar-refractivity contribution is -0.139. The number of aliphatic carboxylic acids is 1. The van der Waals surface area contributed by atoms with Gasteiger partial charge in [0.25, 0.3) is 5.91 Å². The van der Waals surface area contributed by atoms with Crippen LogP contribution in [-0.4, -0.2) is 32.8 Å². The fourth-order valence-electron chi connectivity index (χ4n) is 5.16. The summed E-state index contributed by atoms with van der Waals surface area (Å²) < 4.78 is 16.1. The highest BCUT2D eigenvalue weighted by Crippen LogP contribution is 2.42. The van der Waals surface area contributed by atoms with Gasteiger partial charge in [0, 0.05) is 23.5 Å². The number of amides is 1. The van der Waals surface area contributed by atoms with Crippen molar-refractivity contribution in [3.8, 4) is 22.4 Å². The van der Waals surface area contributed by atoms with Gasteiger partial charge in [0.1, 0.15) is 5.82 Å². The average molecular weight is 543 g/mol. The number of aliphatic hydroxyl groups excluding tert-OH is 1. The summed E-state index contributed by atoms with van der Waals surface area (Å²) in [5, 5.41) is 22.1. The molecule has 0 spiro atoms. The monoisotopic (exact) mass is 542 g/mol. The third-order valence-corrected chi connectivity index (χ3v) is 6.87. The topological polar surface area (TPSA) is 91.6 Å². The zero-order valence-corrected chi connectivity index (χ0v) is 22.8. The molecule has 7 heteroatoms. The number of carboxylic acids is 1. The number of nitrogens with one attached hydrogen (secondary N) is 1. The number of carbonyl (C=O) groups excluding carboxylic acids is 1. The van der Waals surface area contributed by atoms with E-state index >= 15 is 0 Å². The molecule has 1 aromatic heterocycles. The van der Waals surface area contributed by atoms with Crippen molar-refractivity contribution >= 4 is 17.6 Å². The molecule has 1 atom stereocenters. The highest BCUT2D eigenvalue weighted by atomic mass is 19.1. The number of anilines is 1. The van der Waals surface area contributed by atoms with E-state index in [1.165, 1.54) is 12.1 Å².